The van der Waals surface area contributed by atoms with Crippen LogP contribution in [0.4, 0.5) is 5.69 Å². The molecule has 1 saturated heterocycles. The van der Waals surface area contributed by atoms with Gasteiger partial charge in [-0.15, -0.1) is 0 Å². The molecule has 17 heavy (non-hydrogen) atoms. The van der Waals surface area contributed by atoms with E-state index in [0.29, 0.717) is 0 Å². The van der Waals surface area contributed by atoms with Crippen molar-refractivity contribution in [3.8, 4) is 0 Å². The van der Waals surface area contributed by atoms with Crippen molar-refractivity contribution in [2.75, 3.05) is 31.7 Å². The van der Waals surface area contributed by atoms with E-state index in [1.807, 2.05) is 13.0 Å². The maximum Gasteiger partial charge on any atom is 0.165 e. The average molecular weight is 235 g/mol. The second-order valence-corrected chi connectivity index (χ2v) is 4.69. The number of benzene rings is 1. The van der Waals surface area contributed by atoms with E-state index in [0.717, 1.165) is 32.6 Å². The lowest BCUT2D eigenvalue weighted by molar-refractivity contribution is -0.147. The molecular weight excluding hydrogens is 214 g/mol. The number of rotatable bonds is 5. The van der Waals surface area contributed by atoms with E-state index >= 15 is 0 Å². The fourth-order valence-electron chi connectivity index (χ4n) is 2.15. The van der Waals surface area contributed by atoms with Crippen LogP contribution in [0.2, 0.25) is 0 Å². The number of anilines is 1. The first-order valence-electron chi connectivity index (χ1n) is 6.24. The first-order chi connectivity index (χ1) is 8.20. The summed E-state index contributed by atoms with van der Waals surface area (Å²) in [7, 11) is 2.12. The van der Waals surface area contributed by atoms with Gasteiger partial charge in [0.1, 0.15) is 0 Å². The van der Waals surface area contributed by atoms with Crippen LogP contribution in [0.15, 0.2) is 30.3 Å². The molecule has 1 aliphatic heterocycles. The number of ether oxygens (including phenoxy) is 2. The molecule has 0 bridgehead atoms. The van der Waals surface area contributed by atoms with Gasteiger partial charge in [-0.25, -0.2) is 0 Å². The van der Waals surface area contributed by atoms with Gasteiger partial charge in [0.2, 0.25) is 0 Å². The summed E-state index contributed by atoms with van der Waals surface area (Å²) in [5.74, 6) is -0.350. The largest absolute Gasteiger partial charge is 0.375 e. The van der Waals surface area contributed by atoms with Crippen molar-refractivity contribution in [1.82, 2.24) is 0 Å². The molecule has 0 radical (unpaired) electrons. The molecule has 3 heteroatoms. The van der Waals surface area contributed by atoms with Crippen molar-refractivity contribution >= 4 is 5.69 Å². The minimum absolute atomic E-state index is 0.350. The molecule has 0 N–H and O–H groups in total. The van der Waals surface area contributed by atoms with Gasteiger partial charge in [-0.3, -0.25) is 0 Å². The molecule has 0 atom stereocenters. The van der Waals surface area contributed by atoms with Crippen LogP contribution in [0.1, 0.15) is 19.8 Å². The minimum Gasteiger partial charge on any atom is -0.375 e. The fourth-order valence-corrected chi connectivity index (χ4v) is 2.15. The maximum absolute atomic E-state index is 5.59. The molecule has 1 aromatic rings. The van der Waals surface area contributed by atoms with Crippen molar-refractivity contribution in [3.05, 3.63) is 30.3 Å². The highest BCUT2D eigenvalue weighted by Gasteiger charge is 2.30. The Labute approximate surface area is 103 Å². The Morgan fingerprint density at radius 1 is 1.18 bits per heavy atom. The lowest BCUT2D eigenvalue weighted by atomic mass is 10.1. The SMILES string of the molecule is CN(CCCC1(C)OCCO1)c1ccccc1. The number of hydrogen-bond acceptors (Lipinski definition) is 3. The van der Waals surface area contributed by atoms with Gasteiger partial charge < -0.3 is 14.4 Å². The van der Waals surface area contributed by atoms with Crippen LogP contribution in [0.25, 0.3) is 0 Å². The molecule has 3 nitrogen and oxygen atoms in total. The minimum atomic E-state index is -0.350. The third-order valence-electron chi connectivity index (χ3n) is 3.22. The predicted octanol–water partition coefficient (Wildman–Crippen LogP) is 2.67. The number of nitrogens with zero attached hydrogens (tertiary/aromatic N) is 1. The summed E-state index contributed by atoms with van der Waals surface area (Å²) in [5.41, 5.74) is 1.26. The summed E-state index contributed by atoms with van der Waals surface area (Å²) < 4.78 is 11.2. The average Bonchev–Trinajstić information content (AvgIpc) is 2.77. The van der Waals surface area contributed by atoms with Crippen LogP contribution in [0.3, 0.4) is 0 Å². The highest BCUT2D eigenvalue weighted by molar-refractivity contribution is 5.44. The van der Waals surface area contributed by atoms with Crippen molar-refractivity contribution in [2.45, 2.75) is 25.6 Å². The van der Waals surface area contributed by atoms with Crippen LogP contribution >= 0.6 is 0 Å². The first-order valence-corrected chi connectivity index (χ1v) is 6.24. The Morgan fingerprint density at radius 2 is 1.82 bits per heavy atom. The Hall–Kier alpha value is -1.06. The van der Waals surface area contributed by atoms with E-state index in [2.05, 4.69) is 36.2 Å². The van der Waals surface area contributed by atoms with Crippen molar-refractivity contribution in [2.24, 2.45) is 0 Å². The highest BCUT2D eigenvalue weighted by atomic mass is 16.7. The summed E-state index contributed by atoms with van der Waals surface area (Å²) in [6.45, 7) is 4.50. The molecule has 0 spiro atoms. The highest BCUT2D eigenvalue weighted by Crippen LogP contribution is 2.24. The Morgan fingerprint density at radius 3 is 2.47 bits per heavy atom. The zero-order chi connectivity index (χ0) is 12.1. The molecule has 1 heterocycles. The second kappa shape index (κ2) is 5.52. The summed E-state index contributed by atoms with van der Waals surface area (Å²) in [5, 5.41) is 0. The third-order valence-corrected chi connectivity index (χ3v) is 3.22. The van der Waals surface area contributed by atoms with Crippen LogP contribution in [-0.2, 0) is 9.47 Å². The first kappa shape index (κ1) is 12.4. The Balaban J connectivity index is 1.75. The molecule has 94 valence electrons. The molecule has 0 aliphatic carbocycles. The quantitative estimate of drug-likeness (QED) is 0.783. The molecule has 1 aromatic carbocycles. The topological polar surface area (TPSA) is 21.7 Å². The van der Waals surface area contributed by atoms with Crippen LogP contribution in [-0.4, -0.2) is 32.6 Å². The molecule has 0 aromatic heterocycles. The zero-order valence-electron chi connectivity index (χ0n) is 10.7. The molecule has 0 saturated carbocycles. The third kappa shape index (κ3) is 3.45. The van der Waals surface area contributed by atoms with Crippen molar-refractivity contribution < 1.29 is 9.47 Å². The van der Waals surface area contributed by atoms with Gasteiger partial charge in [-0.2, -0.15) is 0 Å². The van der Waals surface area contributed by atoms with Gasteiger partial charge in [0, 0.05) is 25.7 Å². The summed E-state index contributed by atoms with van der Waals surface area (Å²) in [6.07, 6.45) is 2.02. The van der Waals surface area contributed by atoms with Crippen molar-refractivity contribution in [3.63, 3.8) is 0 Å². The maximum atomic E-state index is 5.59. The van der Waals surface area contributed by atoms with Crippen molar-refractivity contribution in [1.29, 1.82) is 0 Å². The van der Waals surface area contributed by atoms with E-state index < -0.39 is 0 Å². The fraction of sp³-hybridized carbons (Fsp3) is 0.571. The lowest BCUT2D eigenvalue weighted by Crippen LogP contribution is -2.28. The van der Waals surface area contributed by atoms with E-state index in [-0.39, 0.29) is 5.79 Å². The standard InChI is InChI=1S/C14H21NO2/c1-14(16-11-12-17-14)9-6-10-15(2)13-7-4-3-5-8-13/h3-5,7-8H,6,9-12H2,1-2H3. The Bertz CT molecular complexity index is 333. The van der Waals surface area contributed by atoms with Crippen LogP contribution < -0.4 is 4.90 Å². The van der Waals surface area contributed by atoms with Gasteiger partial charge in [0.25, 0.3) is 0 Å². The van der Waals surface area contributed by atoms with Gasteiger partial charge in [-0.05, 0) is 25.5 Å². The molecular formula is C14H21NO2. The summed E-state index contributed by atoms with van der Waals surface area (Å²) >= 11 is 0. The normalized spacial score (nSPS) is 18.2. The number of hydrogen-bond donors (Lipinski definition) is 0. The predicted molar refractivity (Wildman–Crippen MR) is 69.3 cm³/mol. The van der Waals surface area contributed by atoms with E-state index in [4.69, 9.17) is 9.47 Å². The Kier molecular flexibility index (Phi) is 4.02. The van der Waals surface area contributed by atoms with E-state index in [1.165, 1.54) is 5.69 Å². The van der Waals surface area contributed by atoms with Crippen LogP contribution in [0.5, 0.6) is 0 Å². The number of para-hydroxylation sites is 1. The molecule has 0 unspecified atom stereocenters. The summed E-state index contributed by atoms with van der Waals surface area (Å²) in [6, 6.07) is 10.4. The van der Waals surface area contributed by atoms with Crippen LogP contribution in [0, 0.1) is 0 Å². The lowest BCUT2D eigenvalue weighted by Gasteiger charge is -2.24. The second-order valence-electron chi connectivity index (χ2n) is 4.69. The summed E-state index contributed by atoms with van der Waals surface area (Å²) in [4.78, 5) is 2.26. The molecule has 1 aliphatic rings. The molecule has 2 rings (SSSR count). The van der Waals surface area contributed by atoms with E-state index in [1.54, 1.807) is 0 Å². The smallest absolute Gasteiger partial charge is 0.165 e. The van der Waals surface area contributed by atoms with Gasteiger partial charge in [0.05, 0.1) is 13.2 Å². The van der Waals surface area contributed by atoms with E-state index in [9.17, 15) is 0 Å². The van der Waals surface area contributed by atoms with Gasteiger partial charge in [0.15, 0.2) is 5.79 Å². The zero-order valence-corrected chi connectivity index (χ0v) is 10.7. The van der Waals surface area contributed by atoms with Gasteiger partial charge in [-0.1, -0.05) is 18.2 Å². The van der Waals surface area contributed by atoms with Gasteiger partial charge >= 0.3 is 0 Å². The molecule has 1 fully saturated rings. The molecule has 0 amide bonds. The monoisotopic (exact) mass is 235 g/mol.